The molecule has 1 aliphatic rings. The van der Waals surface area contributed by atoms with Gasteiger partial charge in [0.05, 0.1) is 6.10 Å². The molecule has 2 rings (SSSR count). The van der Waals surface area contributed by atoms with Crippen LogP contribution in [0.15, 0.2) is 24.3 Å². The Morgan fingerprint density at radius 2 is 1.94 bits per heavy atom. The molecule has 1 aliphatic heterocycles. The highest BCUT2D eigenvalue weighted by Crippen LogP contribution is 2.23. The van der Waals surface area contributed by atoms with E-state index in [0.29, 0.717) is 6.10 Å². The highest BCUT2D eigenvalue weighted by molar-refractivity contribution is 5.92. The Kier molecular flexibility index (Phi) is 3.87. The maximum Gasteiger partial charge on any atom is 0.226 e. The summed E-state index contributed by atoms with van der Waals surface area (Å²) in [5.41, 5.74) is 2.02. The number of rotatable bonds is 4. The molecule has 0 atom stereocenters. The average Bonchev–Trinajstić information content (AvgIpc) is 2.29. The van der Waals surface area contributed by atoms with Crippen LogP contribution >= 0.6 is 0 Å². The summed E-state index contributed by atoms with van der Waals surface area (Å²) >= 11 is 0. The number of ether oxygens (including phenoxy) is 1. The van der Waals surface area contributed by atoms with Gasteiger partial charge in [0.25, 0.3) is 0 Å². The highest BCUT2D eigenvalue weighted by atomic mass is 16.5. The molecule has 0 aliphatic carbocycles. The second kappa shape index (κ2) is 5.40. The quantitative estimate of drug-likeness (QED) is 0.887. The standard InChI is InChI=1S/C14H20N2O2/c1-10(2)14(17)15-11-4-6-12(7-5-11)16-8-13(9-16)18-3/h4-7,10,13H,8-9H2,1-3H3,(H,15,17). The third kappa shape index (κ3) is 2.82. The van der Waals surface area contributed by atoms with Crippen molar-refractivity contribution in [1.29, 1.82) is 0 Å². The van der Waals surface area contributed by atoms with Crippen LogP contribution in [0.3, 0.4) is 0 Å². The molecule has 0 aromatic heterocycles. The number of nitrogens with zero attached hydrogens (tertiary/aromatic N) is 1. The molecule has 1 saturated heterocycles. The molecule has 0 bridgehead atoms. The van der Waals surface area contributed by atoms with Crippen LogP contribution in [0.5, 0.6) is 0 Å². The Morgan fingerprint density at radius 3 is 2.44 bits per heavy atom. The molecule has 1 fully saturated rings. The van der Waals surface area contributed by atoms with Crippen molar-refractivity contribution < 1.29 is 9.53 Å². The van der Waals surface area contributed by atoms with Gasteiger partial charge >= 0.3 is 0 Å². The van der Waals surface area contributed by atoms with Gasteiger partial charge < -0.3 is 15.0 Å². The lowest BCUT2D eigenvalue weighted by Gasteiger charge is -2.40. The molecule has 1 N–H and O–H groups in total. The lowest BCUT2D eigenvalue weighted by molar-refractivity contribution is -0.118. The van der Waals surface area contributed by atoms with Crippen LogP contribution in [0.25, 0.3) is 0 Å². The summed E-state index contributed by atoms with van der Waals surface area (Å²) in [7, 11) is 1.74. The van der Waals surface area contributed by atoms with Crippen molar-refractivity contribution in [2.45, 2.75) is 20.0 Å². The van der Waals surface area contributed by atoms with Gasteiger partial charge in [-0.2, -0.15) is 0 Å². The second-order valence-electron chi connectivity index (χ2n) is 4.95. The monoisotopic (exact) mass is 248 g/mol. The topological polar surface area (TPSA) is 41.6 Å². The smallest absolute Gasteiger partial charge is 0.226 e. The van der Waals surface area contributed by atoms with Gasteiger partial charge in [-0.05, 0) is 24.3 Å². The van der Waals surface area contributed by atoms with E-state index >= 15 is 0 Å². The molecule has 4 heteroatoms. The second-order valence-corrected chi connectivity index (χ2v) is 4.95. The van der Waals surface area contributed by atoms with Crippen molar-refractivity contribution in [3.8, 4) is 0 Å². The van der Waals surface area contributed by atoms with Crippen LogP contribution in [-0.2, 0) is 9.53 Å². The van der Waals surface area contributed by atoms with Crippen molar-refractivity contribution in [2.24, 2.45) is 5.92 Å². The van der Waals surface area contributed by atoms with Gasteiger partial charge in [-0.25, -0.2) is 0 Å². The summed E-state index contributed by atoms with van der Waals surface area (Å²) in [6, 6.07) is 7.94. The molecule has 1 amide bonds. The van der Waals surface area contributed by atoms with E-state index in [1.807, 2.05) is 38.1 Å². The number of nitrogens with one attached hydrogen (secondary N) is 1. The zero-order valence-electron chi connectivity index (χ0n) is 11.1. The molecular formula is C14H20N2O2. The number of amides is 1. The minimum atomic E-state index is 0.00233. The van der Waals surface area contributed by atoms with E-state index in [-0.39, 0.29) is 11.8 Å². The molecule has 0 radical (unpaired) electrons. The number of benzene rings is 1. The van der Waals surface area contributed by atoms with E-state index in [9.17, 15) is 4.79 Å². The Balaban J connectivity index is 1.92. The van der Waals surface area contributed by atoms with Gasteiger partial charge in [-0.15, -0.1) is 0 Å². The zero-order valence-corrected chi connectivity index (χ0v) is 11.1. The summed E-state index contributed by atoms with van der Waals surface area (Å²) in [5, 5.41) is 2.88. The maximum absolute atomic E-state index is 11.5. The van der Waals surface area contributed by atoms with E-state index in [1.165, 1.54) is 5.69 Å². The van der Waals surface area contributed by atoms with Gasteiger partial charge in [0.2, 0.25) is 5.91 Å². The minimum absolute atomic E-state index is 0.00233. The number of methoxy groups -OCH3 is 1. The summed E-state index contributed by atoms with van der Waals surface area (Å²) in [4.78, 5) is 13.8. The van der Waals surface area contributed by atoms with E-state index in [1.54, 1.807) is 7.11 Å². The number of hydrogen-bond acceptors (Lipinski definition) is 3. The lowest BCUT2D eigenvalue weighted by Crippen LogP contribution is -2.51. The Morgan fingerprint density at radius 1 is 1.33 bits per heavy atom. The summed E-state index contributed by atoms with van der Waals surface area (Å²) in [6.07, 6.45) is 0.352. The molecular weight excluding hydrogens is 228 g/mol. The van der Waals surface area contributed by atoms with Crippen LogP contribution in [0.4, 0.5) is 11.4 Å². The van der Waals surface area contributed by atoms with Crippen molar-refractivity contribution in [1.82, 2.24) is 0 Å². The third-order valence-electron chi connectivity index (χ3n) is 3.21. The summed E-state index contributed by atoms with van der Waals surface area (Å²) in [5.74, 6) is 0.0497. The van der Waals surface area contributed by atoms with E-state index in [4.69, 9.17) is 4.74 Å². The Bertz CT molecular complexity index is 408. The number of carbonyl (C=O) groups is 1. The van der Waals surface area contributed by atoms with Gasteiger partial charge in [0, 0.05) is 37.5 Å². The minimum Gasteiger partial charge on any atom is -0.378 e. The normalized spacial score (nSPS) is 15.7. The first-order valence-corrected chi connectivity index (χ1v) is 6.29. The molecule has 98 valence electrons. The molecule has 0 saturated carbocycles. The molecule has 4 nitrogen and oxygen atoms in total. The van der Waals surface area contributed by atoms with Crippen LogP contribution in [0, 0.1) is 5.92 Å². The first-order chi connectivity index (χ1) is 8.60. The molecule has 0 spiro atoms. The van der Waals surface area contributed by atoms with Crippen molar-refractivity contribution >= 4 is 17.3 Å². The number of anilines is 2. The third-order valence-corrected chi connectivity index (χ3v) is 3.21. The van der Waals surface area contributed by atoms with Crippen LogP contribution in [-0.4, -0.2) is 32.2 Å². The summed E-state index contributed by atoms with van der Waals surface area (Å²) in [6.45, 7) is 5.64. The molecule has 18 heavy (non-hydrogen) atoms. The average molecular weight is 248 g/mol. The van der Waals surface area contributed by atoms with E-state index < -0.39 is 0 Å². The first kappa shape index (κ1) is 12.9. The Hall–Kier alpha value is -1.55. The van der Waals surface area contributed by atoms with E-state index in [0.717, 1.165) is 18.8 Å². The maximum atomic E-state index is 11.5. The number of hydrogen-bond donors (Lipinski definition) is 1. The van der Waals surface area contributed by atoms with Gasteiger partial charge in [0.1, 0.15) is 0 Å². The fourth-order valence-corrected chi connectivity index (χ4v) is 1.84. The van der Waals surface area contributed by atoms with Crippen LogP contribution in [0.2, 0.25) is 0 Å². The van der Waals surface area contributed by atoms with Gasteiger partial charge in [-0.3, -0.25) is 4.79 Å². The molecule has 1 heterocycles. The molecule has 1 aromatic carbocycles. The fraction of sp³-hybridized carbons (Fsp3) is 0.500. The lowest BCUT2D eigenvalue weighted by atomic mass is 10.1. The first-order valence-electron chi connectivity index (χ1n) is 6.29. The molecule has 1 aromatic rings. The Labute approximate surface area is 108 Å². The predicted molar refractivity (Wildman–Crippen MR) is 72.9 cm³/mol. The van der Waals surface area contributed by atoms with Gasteiger partial charge in [-0.1, -0.05) is 13.8 Å². The van der Waals surface area contributed by atoms with E-state index in [2.05, 4.69) is 10.2 Å². The predicted octanol–water partition coefficient (Wildman–Crippen LogP) is 2.12. The SMILES string of the molecule is COC1CN(c2ccc(NC(=O)C(C)C)cc2)C1. The van der Waals surface area contributed by atoms with Crippen molar-refractivity contribution in [3.05, 3.63) is 24.3 Å². The molecule has 0 unspecified atom stereocenters. The van der Waals surface area contributed by atoms with Crippen LogP contribution < -0.4 is 10.2 Å². The fourth-order valence-electron chi connectivity index (χ4n) is 1.84. The largest absolute Gasteiger partial charge is 0.378 e. The zero-order chi connectivity index (χ0) is 13.1. The highest BCUT2D eigenvalue weighted by Gasteiger charge is 2.26. The van der Waals surface area contributed by atoms with Crippen molar-refractivity contribution in [3.63, 3.8) is 0 Å². The van der Waals surface area contributed by atoms with Crippen LogP contribution in [0.1, 0.15) is 13.8 Å². The number of carbonyl (C=O) groups excluding carboxylic acids is 1. The summed E-state index contributed by atoms with van der Waals surface area (Å²) < 4.78 is 5.24. The van der Waals surface area contributed by atoms with Crippen molar-refractivity contribution in [2.75, 3.05) is 30.4 Å². The van der Waals surface area contributed by atoms with Gasteiger partial charge in [0.15, 0.2) is 0 Å².